The lowest BCUT2D eigenvalue weighted by molar-refractivity contribution is 0.279. The molecule has 1 unspecified atom stereocenters. The second-order valence-electron chi connectivity index (χ2n) is 4.55. The molecule has 2 nitrogen and oxygen atoms in total. The van der Waals surface area contributed by atoms with Crippen molar-refractivity contribution in [3.8, 4) is 5.75 Å². The molecule has 1 N–H and O–H groups in total. The first-order valence-electron chi connectivity index (χ1n) is 6.04. The molecule has 1 atom stereocenters. The molecule has 16 heavy (non-hydrogen) atoms. The smallest absolute Gasteiger partial charge is 0.131 e. The third-order valence-corrected chi connectivity index (χ3v) is 3.47. The van der Waals surface area contributed by atoms with Crippen molar-refractivity contribution in [2.24, 2.45) is 0 Å². The van der Waals surface area contributed by atoms with Gasteiger partial charge in [-0.25, -0.2) is 4.39 Å². The summed E-state index contributed by atoms with van der Waals surface area (Å²) in [5, 5.41) is 3.34. The maximum absolute atomic E-state index is 13.9. The first-order chi connectivity index (χ1) is 7.86. The zero-order valence-electron chi connectivity index (χ0n) is 9.26. The van der Waals surface area contributed by atoms with Crippen LogP contribution in [0.2, 0.25) is 0 Å². The van der Waals surface area contributed by atoms with Crippen molar-refractivity contribution in [1.82, 2.24) is 5.32 Å². The summed E-state index contributed by atoms with van der Waals surface area (Å²) in [6, 6.07) is 3.60. The number of aryl methyl sites for hydroxylation is 1. The number of rotatable bonds is 1. The van der Waals surface area contributed by atoms with Gasteiger partial charge in [0.1, 0.15) is 11.6 Å². The molecule has 0 spiro atoms. The van der Waals surface area contributed by atoms with Crippen molar-refractivity contribution in [3.63, 3.8) is 0 Å². The van der Waals surface area contributed by atoms with Crippen molar-refractivity contribution in [2.45, 2.75) is 31.7 Å². The Hall–Kier alpha value is -1.09. The minimum absolute atomic E-state index is 0.125. The van der Waals surface area contributed by atoms with Gasteiger partial charge in [-0.2, -0.15) is 0 Å². The summed E-state index contributed by atoms with van der Waals surface area (Å²) >= 11 is 0. The van der Waals surface area contributed by atoms with Gasteiger partial charge < -0.3 is 10.1 Å². The summed E-state index contributed by atoms with van der Waals surface area (Å²) in [5.74, 6) is 0.686. The number of fused-ring (bicyclic) bond motifs is 1. The van der Waals surface area contributed by atoms with Crippen molar-refractivity contribution in [2.75, 3.05) is 13.2 Å². The molecule has 0 amide bonds. The van der Waals surface area contributed by atoms with Crippen LogP contribution in [0.1, 0.15) is 36.4 Å². The van der Waals surface area contributed by atoms with Crippen LogP contribution >= 0.6 is 0 Å². The Morgan fingerprint density at radius 2 is 2.25 bits per heavy atom. The Bertz CT molecular complexity index is 399. The molecule has 3 heteroatoms. The van der Waals surface area contributed by atoms with E-state index in [4.69, 9.17) is 4.74 Å². The molecule has 2 aliphatic heterocycles. The maximum Gasteiger partial charge on any atom is 0.131 e. The second kappa shape index (κ2) is 4.06. The van der Waals surface area contributed by atoms with Gasteiger partial charge in [0.25, 0.3) is 0 Å². The van der Waals surface area contributed by atoms with Crippen molar-refractivity contribution < 1.29 is 9.13 Å². The predicted octanol–water partition coefficient (Wildman–Crippen LogP) is 2.58. The Balaban J connectivity index is 2.06. The van der Waals surface area contributed by atoms with Crippen LogP contribution in [-0.4, -0.2) is 13.2 Å². The molecule has 1 fully saturated rings. The van der Waals surface area contributed by atoms with Gasteiger partial charge in [0, 0.05) is 11.6 Å². The van der Waals surface area contributed by atoms with Gasteiger partial charge in [-0.3, -0.25) is 0 Å². The monoisotopic (exact) mass is 221 g/mol. The Kier molecular flexibility index (Phi) is 2.56. The van der Waals surface area contributed by atoms with Crippen LogP contribution < -0.4 is 10.1 Å². The van der Waals surface area contributed by atoms with E-state index >= 15 is 0 Å². The van der Waals surface area contributed by atoms with Gasteiger partial charge in [-0.15, -0.1) is 0 Å². The van der Waals surface area contributed by atoms with E-state index in [0.717, 1.165) is 55.7 Å². The zero-order chi connectivity index (χ0) is 11.0. The largest absolute Gasteiger partial charge is 0.493 e. The minimum Gasteiger partial charge on any atom is -0.493 e. The third kappa shape index (κ3) is 1.59. The summed E-state index contributed by atoms with van der Waals surface area (Å²) in [4.78, 5) is 0. The van der Waals surface area contributed by atoms with E-state index in [1.54, 1.807) is 6.07 Å². The Labute approximate surface area is 94.8 Å². The topological polar surface area (TPSA) is 21.3 Å². The quantitative estimate of drug-likeness (QED) is 0.787. The Morgan fingerprint density at radius 3 is 3.06 bits per heavy atom. The summed E-state index contributed by atoms with van der Waals surface area (Å²) in [5.41, 5.74) is 1.92. The molecule has 1 aromatic rings. The standard InChI is InChI=1S/C13H16FNO/c14-10-6-5-9-3-2-8-16-13(9)12(10)11-4-1-7-15-11/h5-6,11,15H,1-4,7-8H2. The summed E-state index contributed by atoms with van der Waals surface area (Å²) in [6.07, 6.45) is 4.18. The summed E-state index contributed by atoms with van der Waals surface area (Å²) in [6.45, 7) is 1.70. The molecule has 3 rings (SSSR count). The van der Waals surface area contributed by atoms with E-state index < -0.39 is 0 Å². The van der Waals surface area contributed by atoms with E-state index in [1.165, 1.54) is 0 Å². The minimum atomic E-state index is -0.125. The lowest BCUT2D eigenvalue weighted by atomic mass is 9.96. The van der Waals surface area contributed by atoms with Crippen molar-refractivity contribution >= 4 is 0 Å². The first-order valence-corrected chi connectivity index (χ1v) is 6.04. The Morgan fingerprint density at radius 1 is 1.31 bits per heavy atom. The molecule has 86 valence electrons. The highest BCUT2D eigenvalue weighted by Crippen LogP contribution is 2.37. The fourth-order valence-corrected chi connectivity index (χ4v) is 2.68. The molecular weight excluding hydrogens is 205 g/mol. The van der Waals surface area contributed by atoms with Crippen LogP contribution in [0.15, 0.2) is 12.1 Å². The zero-order valence-corrected chi connectivity index (χ0v) is 9.26. The van der Waals surface area contributed by atoms with E-state index in [1.807, 2.05) is 6.07 Å². The number of halogens is 1. The molecule has 2 heterocycles. The van der Waals surface area contributed by atoms with Crippen LogP contribution in [0.4, 0.5) is 4.39 Å². The van der Waals surface area contributed by atoms with E-state index in [2.05, 4.69) is 5.32 Å². The number of benzene rings is 1. The number of hydrogen-bond donors (Lipinski definition) is 1. The second-order valence-corrected chi connectivity index (χ2v) is 4.55. The third-order valence-electron chi connectivity index (χ3n) is 3.47. The van der Waals surface area contributed by atoms with Crippen LogP contribution in [-0.2, 0) is 6.42 Å². The highest BCUT2D eigenvalue weighted by molar-refractivity contribution is 5.45. The molecule has 0 bridgehead atoms. The molecule has 1 aromatic carbocycles. The average molecular weight is 221 g/mol. The summed E-state index contributed by atoms with van der Waals surface area (Å²) < 4.78 is 19.6. The van der Waals surface area contributed by atoms with Gasteiger partial charge in [-0.1, -0.05) is 6.07 Å². The van der Waals surface area contributed by atoms with Crippen molar-refractivity contribution in [1.29, 1.82) is 0 Å². The molecule has 0 aliphatic carbocycles. The highest BCUT2D eigenvalue weighted by Gasteiger charge is 2.26. The van der Waals surface area contributed by atoms with Crippen molar-refractivity contribution in [3.05, 3.63) is 29.1 Å². The van der Waals surface area contributed by atoms with E-state index in [0.29, 0.717) is 0 Å². The molecule has 0 saturated carbocycles. The van der Waals surface area contributed by atoms with Crippen LogP contribution in [0.25, 0.3) is 0 Å². The predicted molar refractivity (Wildman–Crippen MR) is 60.2 cm³/mol. The lowest BCUT2D eigenvalue weighted by Gasteiger charge is -2.23. The summed E-state index contributed by atoms with van der Waals surface area (Å²) in [7, 11) is 0. The van der Waals surface area contributed by atoms with Crippen LogP contribution in [0.5, 0.6) is 5.75 Å². The number of nitrogens with one attached hydrogen (secondary N) is 1. The van der Waals surface area contributed by atoms with Gasteiger partial charge in [0.05, 0.1) is 6.61 Å². The number of hydrogen-bond acceptors (Lipinski definition) is 2. The molecular formula is C13H16FNO. The first kappa shape index (κ1) is 10.1. The highest BCUT2D eigenvalue weighted by atomic mass is 19.1. The molecule has 0 aromatic heterocycles. The maximum atomic E-state index is 13.9. The fourth-order valence-electron chi connectivity index (χ4n) is 2.68. The SMILES string of the molecule is Fc1ccc2c(c1C1CCCN1)OCCC2. The van der Waals surface area contributed by atoms with E-state index in [9.17, 15) is 4.39 Å². The lowest BCUT2D eigenvalue weighted by Crippen LogP contribution is -2.19. The normalized spacial score (nSPS) is 23.9. The van der Waals surface area contributed by atoms with Crippen LogP contribution in [0.3, 0.4) is 0 Å². The fraction of sp³-hybridized carbons (Fsp3) is 0.538. The van der Waals surface area contributed by atoms with Gasteiger partial charge in [0.15, 0.2) is 0 Å². The van der Waals surface area contributed by atoms with Gasteiger partial charge in [0.2, 0.25) is 0 Å². The van der Waals surface area contributed by atoms with Crippen LogP contribution in [0, 0.1) is 5.82 Å². The average Bonchev–Trinajstić information content (AvgIpc) is 2.82. The van der Waals surface area contributed by atoms with E-state index in [-0.39, 0.29) is 11.9 Å². The van der Waals surface area contributed by atoms with Gasteiger partial charge >= 0.3 is 0 Å². The molecule has 1 saturated heterocycles. The number of ether oxygens (including phenoxy) is 1. The van der Waals surface area contributed by atoms with Gasteiger partial charge in [-0.05, 0) is 43.9 Å². The molecule has 0 radical (unpaired) electrons. The molecule has 2 aliphatic rings.